The Labute approximate surface area is 162 Å². The molecule has 2 rings (SSSR count). The Morgan fingerprint density at radius 3 is 1.89 bits per heavy atom. The molecule has 27 heavy (non-hydrogen) atoms. The monoisotopic (exact) mass is 397 g/mol. The highest BCUT2D eigenvalue weighted by atomic mass is 32.1. The van der Waals surface area contributed by atoms with Crippen molar-refractivity contribution in [3.63, 3.8) is 0 Å². The van der Waals surface area contributed by atoms with Gasteiger partial charge in [-0.05, 0) is 81.5 Å². The maximum atomic E-state index is 12.2. The highest BCUT2D eigenvalue weighted by Crippen LogP contribution is 2.24. The Morgan fingerprint density at radius 2 is 1.48 bits per heavy atom. The molecule has 0 heterocycles. The number of halogens is 3. The van der Waals surface area contributed by atoms with Crippen LogP contribution in [0.15, 0.2) is 48.5 Å². The summed E-state index contributed by atoms with van der Waals surface area (Å²) in [5.74, 6) is -0.284. The lowest BCUT2D eigenvalue weighted by molar-refractivity contribution is -0.274. The number of ether oxygens (including phenoxy) is 1. The molecule has 8 heteroatoms. The predicted molar refractivity (Wildman–Crippen MR) is 108 cm³/mol. The molecule has 4 nitrogen and oxygen atoms in total. The maximum absolute atomic E-state index is 12.2. The van der Waals surface area contributed by atoms with E-state index in [1.54, 1.807) is 0 Å². The highest BCUT2D eigenvalue weighted by molar-refractivity contribution is 7.80. The van der Waals surface area contributed by atoms with Crippen LogP contribution in [0.2, 0.25) is 0 Å². The van der Waals surface area contributed by atoms with Gasteiger partial charge in [0.1, 0.15) is 5.75 Å². The van der Waals surface area contributed by atoms with Gasteiger partial charge >= 0.3 is 6.36 Å². The lowest BCUT2D eigenvalue weighted by Crippen LogP contribution is -2.30. The Kier molecular flexibility index (Phi) is 6.90. The summed E-state index contributed by atoms with van der Waals surface area (Å²) in [7, 11) is 0. The van der Waals surface area contributed by atoms with Crippen LogP contribution in [-0.2, 0) is 0 Å². The molecule has 2 aromatic carbocycles. The van der Waals surface area contributed by atoms with Gasteiger partial charge in [0, 0.05) is 29.6 Å². The molecule has 0 saturated carbocycles. The SMILES string of the molecule is CCN(c1ccc(NC(=S)Nc2ccc(OC(F)(F)F)cc2)cc1)C(C)C. The minimum Gasteiger partial charge on any atom is -0.406 e. The summed E-state index contributed by atoms with van der Waals surface area (Å²) in [6, 6.07) is 13.6. The summed E-state index contributed by atoms with van der Waals surface area (Å²) in [6.45, 7) is 7.30. The summed E-state index contributed by atoms with van der Waals surface area (Å²) in [5.41, 5.74) is 2.49. The molecule has 0 atom stereocenters. The van der Waals surface area contributed by atoms with Gasteiger partial charge in [-0.25, -0.2) is 0 Å². The van der Waals surface area contributed by atoms with Gasteiger partial charge < -0.3 is 20.3 Å². The van der Waals surface area contributed by atoms with Crippen LogP contribution in [0, 0.1) is 0 Å². The quantitative estimate of drug-likeness (QED) is 0.618. The van der Waals surface area contributed by atoms with Crippen molar-refractivity contribution in [3.8, 4) is 5.75 Å². The van der Waals surface area contributed by atoms with Crippen molar-refractivity contribution in [2.24, 2.45) is 0 Å². The number of thiocarbonyl (C=S) groups is 1. The van der Waals surface area contributed by atoms with Crippen LogP contribution in [-0.4, -0.2) is 24.1 Å². The second-order valence-electron chi connectivity index (χ2n) is 6.08. The molecule has 146 valence electrons. The van der Waals surface area contributed by atoms with Crippen LogP contribution < -0.4 is 20.3 Å². The molecule has 0 bridgehead atoms. The normalized spacial score (nSPS) is 11.2. The van der Waals surface area contributed by atoms with Crippen LogP contribution in [0.4, 0.5) is 30.2 Å². The number of nitrogens with zero attached hydrogens (tertiary/aromatic N) is 1. The molecule has 2 N–H and O–H groups in total. The van der Waals surface area contributed by atoms with E-state index in [1.165, 1.54) is 24.3 Å². The van der Waals surface area contributed by atoms with Crippen LogP contribution in [0.3, 0.4) is 0 Å². The smallest absolute Gasteiger partial charge is 0.406 e. The second kappa shape index (κ2) is 8.94. The van der Waals surface area contributed by atoms with E-state index in [0.717, 1.165) is 17.9 Å². The minimum atomic E-state index is -4.71. The summed E-state index contributed by atoms with van der Waals surface area (Å²) >= 11 is 5.24. The Hall–Kier alpha value is -2.48. The van der Waals surface area contributed by atoms with Crippen molar-refractivity contribution in [3.05, 3.63) is 48.5 Å². The average Bonchev–Trinajstić information content (AvgIpc) is 2.57. The van der Waals surface area contributed by atoms with Gasteiger partial charge in [0.25, 0.3) is 0 Å². The minimum absolute atomic E-state index is 0.284. The van der Waals surface area contributed by atoms with E-state index in [-0.39, 0.29) is 5.75 Å². The first-order valence-corrected chi connectivity index (χ1v) is 8.89. The molecular weight excluding hydrogens is 375 g/mol. The summed E-state index contributed by atoms with van der Waals surface area (Å²) in [6.07, 6.45) is -4.71. The number of hydrogen-bond acceptors (Lipinski definition) is 3. The van der Waals surface area contributed by atoms with Crippen molar-refractivity contribution in [1.82, 2.24) is 0 Å². The largest absolute Gasteiger partial charge is 0.573 e. The average molecular weight is 397 g/mol. The molecule has 0 saturated heterocycles. The van der Waals surface area contributed by atoms with E-state index in [0.29, 0.717) is 16.8 Å². The predicted octanol–water partition coefficient (Wildman–Crippen LogP) is 5.63. The van der Waals surface area contributed by atoms with Gasteiger partial charge in [-0.3, -0.25) is 0 Å². The first-order chi connectivity index (χ1) is 12.7. The molecule has 0 radical (unpaired) electrons. The fourth-order valence-corrected chi connectivity index (χ4v) is 2.85. The van der Waals surface area contributed by atoms with E-state index in [1.807, 2.05) is 24.3 Å². The molecule has 0 unspecified atom stereocenters. The van der Waals surface area contributed by atoms with Crippen molar-refractivity contribution < 1.29 is 17.9 Å². The zero-order valence-corrected chi connectivity index (χ0v) is 16.1. The first-order valence-electron chi connectivity index (χ1n) is 8.48. The third-order valence-electron chi connectivity index (χ3n) is 3.77. The van der Waals surface area contributed by atoms with Gasteiger partial charge in [0.05, 0.1) is 0 Å². The summed E-state index contributed by atoms with van der Waals surface area (Å²) < 4.78 is 40.3. The molecule has 0 aliphatic heterocycles. The standard InChI is InChI=1S/C19H22F3N3OS/c1-4-25(13(2)3)16-9-5-14(6-10-16)23-18(27)24-15-7-11-17(12-8-15)26-19(20,21)22/h5-13H,4H2,1-3H3,(H2,23,24,27). The number of alkyl halides is 3. The maximum Gasteiger partial charge on any atom is 0.573 e. The molecule has 0 aliphatic rings. The lowest BCUT2D eigenvalue weighted by atomic mass is 10.2. The van der Waals surface area contributed by atoms with Gasteiger partial charge in [-0.15, -0.1) is 13.2 Å². The number of rotatable bonds is 6. The molecular formula is C19H22F3N3OS. The Bertz CT molecular complexity index is 746. The van der Waals surface area contributed by atoms with E-state index in [4.69, 9.17) is 12.2 Å². The Morgan fingerprint density at radius 1 is 1.00 bits per heavy atom. The van der Waals surface area contributed by atoms with Crippen LogP contribution in [0.5, 0.6) is 5.75 Å². The second-order valence-corrected chi connectivity index (χ2v) is 6.49. The number of benzene rings is 2. The van der Waals surface area contributed by atoms with Crippen molar-refractivity contribution >= 4 is 34.4 Å². The summed E-state index contributed by atoms with van der Waals surface area (Å²) in [4.78, 5) is 2.27. The third-order valence-corrected chi connectivity index (χ3v) is 3.97. The molecule has 0 aromatic heterocycles. The fraction of sp³-hybridized carbons (Fsp3) is 0.316. The van der Waals surface area contributed by atoms with Crippen molar-refractivity contribution in [2.45, 2.75) is 33.2 Å². The number of nitrogens with one attached hydrogen (secondary N) is 2. The van der Waals surface area contributed by atoms with Crippen molar-refractivity contribution in [1.29, 1.82) is 0 Å². The molecule has 0 amide bonds. The molecule has 0 spiro atoms. The Balaban J connectivity index is 1.93. The van der Waals surface area contributed by atoms with Crippen LogP contribution >= 0.6 is 12.2 Å². The molecule has 0 fully saturated rings. The van der Waals surface area contributed by atoms with Gasteiger partial charge in [0.15, 0.2) is 5.11 Å². The lowest BCUT2D eigenvalue weighted by Gasteiger charge is -2.27. The van der Waals surface area contributed by atoms with Crippen LogP contribution in [0.1, 0.15) is 20.8 Å². The van der Waals surface area contributed by atoms with E-state index < -0.39 is 6.36 Å². The fourth-order valence-electron chi connectivity index (χ4n) is 2.62. The zero-order valence-electron chi connectivity index (χ0n) is 15.3. The van der Waals surface area contributed by atoms with Gasteiger partial charge in [-0.1, -0.05) is 0 Å². The van der Waals surface area contributed by atoms with Gasteiger partial charge in [-0.2, -0.15) is 0 Å². The van der Waals surface area contributed by atoms with Gasteiger partial charge in [0.2, 0.25) is 0 Å². The number of hydrogen-bond donors (Lipinski definition) is 2. The molecule has 2 aromatic rings. The van der Waals surface area contributed by atoms with E-state index in [9.17, 15) is 13.2 Å². The van der Waals surface area contributed by atoms with Crippen molar-refractivity contribution in [2.75, 3.05) is 22.1 Å². The third kappa shape index (κ3) is 6.63. The molecule has 0 aliphatic carbocycles. The first kappa shape index (κ1) is 20.8. The number of anilines is 3. The van der Waals surface area contributed by atoms with E-state index in [2.05, 4.69) is 41.0 Å². The van der Waals surface area contributed by atoms with E-state index >= 15 is 0 Å². The highest BCUT2D eigenvalue weighted by Gasteiger charge is 2.30. The zero-order chi connectivity index (χ0) is 20.0. The van der Waals surface area contributed by atoms with Crippen LogP contribution in [0.25, 0.3) is 0 Å². The topological polar surface area (TPSA) is 36.5 Å². The summed E-state index contributed by atoms with van der Waals surface area (Å²) in [5, 5.41) is 6.30.